The Balaban J connectivity index is 2.19. The van der Waals surface area contributed by atoms with Gasteiger partial charge in [-0.2, -0.15) is 0 Å². The molecule has 0 saturated heterocycles. The second-order valence-electron chi connectivity index (χ2n) is 3.69. The summed E-state index contributed by atoms with van der Waals surface area (Å²) in [5.41, 5.74) is 1.19. The Hall–Kier alpha value is -1.12. The smallest absolute Gasteiger partial charge is 0.118 e. The number of ether oxygens (including phenoxy) is 1. The molecular weight excluding hydrogens is 252 g/mol. The first-order valence-corrected chi connectivity index (χ1v) is 6.46. The molecule has 0 atom stereocenters. The lowest BCUT2D eigenvalue weighted by molar-refractivity contribution is 0.414. The lowest BCUT2D eigenvalue weighted by Crippen LogP contribution is -1.82. The van der Waals surface area contributed by atoms with Gasteiger partial charge in [-0.05, 0) is 55.0 Å². The van der Waals surface area contributed by atoms with E-state index in [2.05, 4.69) is 19.1 Å². The van der Waals surface area contributed by atoms with Crippen molar-refractivity contribution in [3.63, 3.8) is 0 Å². The predicted molar refractivity (Wildman–Crippen MR) is 73.3 cm³/mol. The number of hydrogen-bond donors (Lipinski definition) is 0. The van der Waals surface area contributed by atoms with Crippen molar-refractivity contribution in [3.05, 3.63) is 53.1 Å². The molecule has 0 spiro atoms. The molecule has 3 heteroatoms. The Bertz CT molecular complexity index is 508. The van der Waals surface area contributed by atoms with Crippen LogP contribution in [0.1, 0.15) is 5.56 Å². The quantitative estimate of drug-likeness (QED) is 0.787. The molecule has 0 unspecified atom stereocenters. The molecular formula is C14H13ClOS. The first-order valence-electron chi connectivity index (χ1n) is 5.27. The van der Waals surface area contributed by atoms with E-state index in [4.69, 9.17) is 16.3 Å². The van der Waals surface area contributed by atoms with Gasteiger partial charge >= 0.3 is 0 Å². The molecule has 0 aliphatic carbocycles. The Labute approximate surface area is 111 Å². The molecule has 1 nitrogen and oxygen atoms in total. The highest BCUT2D eigenvalue weighted by molar-refractivity contribution is 7.99. The van der Waals surface area contributed by atoms with Gasteiger partial charge in [0.2, 0.25) is 0 Å². The maximum absolute atomic E-state index is 5.93. The molecule has 0 aliphatic heterocycles. The largest absolute Gasteiger partial charge is 0.497 e. The molecule has 2 aromatic rings. The Kier molecular flexibility index (Phi) is 3.97. The van der Waals surface area contributed by atoms with Crippen molar-refractivity contribution in [2.75, 3.05) is 7.11 Å². The van der Waals surface area contributed by atoms with Gasteiger partial charge in [-0.25, -0.2) is 0 Å². The number of methoxy groups -OCH3 is 1. The maximum Gasteiger partial charge on any atom is 0.118 e. The number of hydrogen-bond acceptors (Lipinski definition) is 2. The fourth-order valence-electron chi connectivity index (χ4n) is 1.50. The highest BCUT2D eigenvalue weighted by Crippen LogP contribution is 2.32. The van der Waals surface area contributed by atoms with Gasteiger partial charge in [0.1, 0.15) is 5.75 Å². The van der Waals surface area contributed by atoms with Crippen LogP contribution in [-0.2, 0) is 0 Å². The highest BCUT2D eigenvalue weighted by atomic mass is 35.5. The topological polar surface area (TPSA) is 9.23 Å². The van der Waals surface area contributed by atoms with Crippen LogP contribution in [0.25, 0.3) is 0 Å². The van der Waals surface area contributed by atoms with Crippen molar-refractivity contribution in [1.82, 2.24) is 0 Å². The van der Waals surface area contributed by atoms with Crippen molar-refractivity contribution in [1.29, 1.82) is 0 Å². The van der Waals surface area contributed by atoms with E-state index < -0.39 is 0 Å². The zero-order chi connectivity index (χ0) is 12.3. The summed E-state index contributed by atoms with van der Waals surface area (Å²) in [4.78, 5) is 2.41. The first-order chi connectivity index (χ1) is 8.19. The van der Waals surface area contributed by atoms with Crippen LogP contribution in [0.4, 0.5) is 0 Å². The molecule has 2 rings (SSSR count). The van der Waals surface area contributed by atoms with Crippen molar-refractivity contribution in [2.24, 2.45) is 0 Å². The third-order valence-electron chi connectivity index (χ3n) is 2.42. The summed E-state index contributed by atoms with van der Waals surface area (Å²) in [6.07, 6.45) is 0. The highest BCUT2D eigenvalue weighted by Gasteiger charge is 2.02. The monoisotopic (exact) mass is 264 g/mol. The third-order valence-corrected chi connectivity index (χ3v) is 3.85. The van der Waals surface area contributed by atoms with E-state index in [0.717, 1.165) is 10.8 Å². The van der Waals surface area contributed by atoms with Crippen LogP contribution < -0.4 is 4.74 Å². The van der Waals surface area contributed by atoms with Gasteiger partial charge in [-0.15, -0.1) is 0 Å². The average Bonchev–Trinajstić information content (AvgIpc) is 2.34. The molecule has 2 aromatic carbocycles. The van der Waals surface area contributed by atoms with Crippen molar-refractivity contribution < 1.29 is 4.74 Å². The number of rotatable bonds is 3. The summed E-state index contributed by atoms with van der Waals surface area (Å²) < 4.78 is 5.13. The predicted octanol–water partition coefficient (Wildman–Crippen LogP) is 4.81. The summed E-state index contributed by atoms with van der Waals surface area (Å²) in [5.74, 6) is 0.877. The molecule has 0 saturated carbocycles. The van der Waals surface area contributed by atoms with Crippen LogP contribution in [0, 0.1) is 6.92 Å². The zero-order valence-electron chi connectivity index (χ0n) is 9.74. The van der Waals surface area contributed by atoms with Gasteiger partial charge in [-0.1, -0.05) is 23.4 Å². The minimum Gasteiger partial charge on any atom is -0.497 e. The molecule has 17 heavy (non-hydrogen) atoms. The lowest BCUT2D eigenvalue weighted by Gasteiger charge is -2.06. The number of aryl methyl sites for hydroxylation is 1. The molecule has 0 bridgehead atoms. The van der Waals surface area contributed by atoms with E-state index >= 15 is 0 Å². The normalized spacial score (nSPS) is 10.3. The van der Waals surface area contributed by atoms with Crippen molar-refractivity contribution >= 4 is 23.4 Å². The summed E-state index contributed by atoms with van der Waals surface area (Å²) in [6.45, 7) is 2.07. The summed E-state index contributed by atoms with van der Waals surface area (Å²) in [6, 6.07) is 14.0. The molecule has 0 amide bonds. The fraction of sp³-hybridized carbons (Fsp3) is 0.143. The number of benzene rings is 2. The van der Waals surface area contributed by atoms with Crippen LogP contribution in [0.3, 0.4) is 0 Å². The van der Waals surface area contributed by atoms with Crippen LogP contribution >= 0.6 is 23.4 Å². The van der Waals surface area contributed by atoms with Gasteiger partial charge in [0.05, 0.1) is 7.11 Å². The molecule has 0 aromatic heterocycles. The van der Waals surface area contributed by atoms with Crippen molar-refractivity contribution in [3.8, 4) is 5.75 Å². The van der Waals surface area contributed by atoms with Crippen LogP contribution in [0.2, 0.25) is 5.02 Å². The van der Waals surface area contributed by atoms with E-state index in [0.29, 0.717) is 0 Å². The van der Waals surface area contributed by atoms with E-state index in [1.165, 1.54) is 15.4 Å². The van der Waals surface area contributed by atoms with E-state index in [1.807, 2.05) is 30.3 Å². The summed E-state index contributed by atoms with van der Waals surface area (Å²) in [5, 5.41) is 0.779. The van der Waals surface area contributed by atoms with Gasteiger partial charge < -0.3 is 4.74 Å². The van der Waals surface area contributed by atoms with Crippen molar-refractivity contribution in [2.45, 2.75) is 16.7 Å². The van der Waals surface area contributed by atoms with Gasteiger partial charge in [0.15, 0.2) is 0 Å². The van der Waals surface area contributed by atoms with Crippen LogP contribution in [0.15, 0.2) is 52.3 Å². The first kappa shape index (κ1) is 12.3. The Morgan fingerprint density at radius 2 is 1.76 bits per heavy atom. The lowest BCUT2D eigenvalue weighted by atomic mass is 10.2. The second-order valence-corrected chi connectivity index (χ2v) is 5.24. The third kappa shape index (κ3) is 3.18. The minimum atomic E-state index is 0.779. The van der Waals surface area contributed by atoms with Gasteiger partial charge in [0, 0.05) is 14.8 Å². The molecule has 0 fully saturated rings. The SMILES string of the molecule is COc1ccc(Sc2ccc(Cl)cc2C)cc1. The summed E-state index contributed by atoms with van der Waals surface area (Å²) >= 11 is 7.66. The minimum absolute atomic E-state index is 0.779. The average molecular weight is 265 g/mol. The molecule has 0 radical (unpaired) electrons. The fourth-order valence-corrected chi connectivity index (χ4v) is 2.61. The molecule has 0 aliphatic rings. The standard InChI is InChI=1S/C14H13ClOS/c1-10-9-11(15)3-8-14(10)17-13-6-4-12(16-2)5-7-13/h3-9H,1-2H3. The van der Waals surface area contributed by atoms with E-state index in [1.54, 1.807) is 18.9 Å². The molecule has 0 N–H and O–H groups in total. The van der Waals surface area contributed by atoms with Gasteiger partial charge in [0.25, 0.3) is 0 Å². The molecule has 88 valence electrons. The van der Waals surface area contributed by atoms with E-state index in [9.17, 15) is 0 Å². The summed E-state index contributed by atoms with van der Waals surface area (Å²) in [7, 11) is 1.67. The van der Waals surface area contributed by atoms with Crippen LogP contribution in [0.5, 0.6) is 5.75 Å². The van der Waals surface area contributed by atoms with Gasteiger partial charge in [-0.3, -0.25) is 0 Å². The van der Waals surface area contributed by atoms with E-state index in [-0.39, 0.29) is 0 Å². The van der Waals surface area contributed by atoms with Crippen LogP contribution in [-0.4, -0.2) is 7.11 Å². The second kappa shape index (κ2) is 5.48. The maximum atomic E-state index is 5.93. The zero-order valence-corrected chi connectivity index (χ0v) is 11.3. The Morgan fingerprint density at radius 1 is 1.06 bits per heavy atom. The Morgan fingerprint density at radius 3 is 2.35 bits per heavy atom. The number of halogens is 1. The molecule has 0 heterocycles.